The van der Waals surface area contributed by atoms with Gasteiger partial charge in [-0.05, 0) is 37.1 Å². The lowest BCUT2D eigenvalue weighted by Crippen LogP contribution is -2.49. The van der Waals surface area contributed by atoms with Gasteiger partial charge in [0.15, 0.2) is 0 Å². The third-order valence-corrected chi connectivity index (χ3v) is 7.26. The van der Waals surface area contributed by atoms with Crippen LogP contribution < -0.4 is 15.5 Å². The number of hydrogen-bond acceptors (Lipinski definition) is 4. The van der Waals surface area contributed by atoms with Crippen molar-refractivity contribution >= 4 is 40.5 Å². The predicted molar refractivity (Wildman–Crippen MR) is 133 cm³/mol. The average molecular weight is 473 g/mol. The molecule has 2 aliphatic rings. The Morgan fingerprint density at radius 3 is 2.50 bits per heavy atom. The first-order valence-electron chi connectivity index (χ1n) is 11.2. The van der Waals surface area contributed by atoms with Gasteiger partial charge in [0.05, 0.1) is 21.7 Å². The van der Waals surface area contributed by atoms with Crippen LogP contribution in [0.15, 0.2) is 54.1 Å². The van der Waals surface area contributed by atoms with Gasteiger partial charge in [-0.3, -0.25) is 9.69 Å². The van der Waals surface area contributed by atoms with E-state index < -0.39 is 0 Å². The van der Waals surface area contributed by atoms with Crippen LogP contribution in [0.1, 0.15) is 19.4 Å². The molecule has 170 valence electrons. The molecule has 0 radical (unpaired) electrons. The summed E-state index contributed by atoms with van der Waals surface area (Å²) in [7, 11) is 0. The predicted octanol–water partition coefficient (Wildman–Crippen LogP) is 4.27. The maximum Gasteiger partial charge on any atom is 0.229 e. The maximum atomic E-state index is 13.0. The van der Waals surface area contributed by atoms with Gasteiger partial charge in [0, 0.05) is 51.0 Å². The minimum atomic E-state index is -0.146. The van der Waals surface area contributed by atoms with E-state index in [2.05, 4.69) is 46.4 Å². The van der Waals surface area contributed by atoms with Gasteiger partial charge in [-0.15, -0.1) is 0 Å². The lowest BCUT2D eigenvalue weighted by molar-refractivity contribution is -0.124. The van der Waals surface area contributed by atoms with Crippen LogP contribution in [0, 0.1) is 5.92 Å². The largest absolute Gasteiger partial charge is 0.381 e. The second-order valence-electron chi connectivity index (χ2n) is 8.53. The number of benzene rings is 2. The van der Waals surface area contributed by atoms with E-state index in [9.17, 15) is 4.79 Å². The van der Waals surface area contributed by atoms with Crippen LogP contribution in [0.2, 0.25) is 10.0 Å². The number of nitrogens with zero attached hydrogens (tertiary/aromatic N) is 2. The summed E-state index contributed by atoms with van der Waals surface area (Å²) in [4.78, 5) is 17.6. The Bertz CT molecular complexity index is 987. The van der Waals surface area contributed by atoms with Crippen LogP contribution in [-0.4, -0.2) is 56.1 Å². The van der Waals surface area contributed by atoms with Crippen LogP contribution in [-0.2, 0) is 4.79 Å². The summed E-state index contributed by atoms with van der Waals surface area (Å²) in [5, 5.41) is 7.87. The third kappa shape index (κ3) is 4.90. The van der Waals surface area contributed by atoms with Gasteiger partial charge < -0.3 is 15.5 Å². The molecule has 2 atom stereocenters. The zero-order chi connectivity index (χ0) is 22.7. The van der Waals surface area contributed by atoms with Crippen molar-refractivity contribution in [2.45, 2.75) is 19.9 Å². The molecule has 2 aromatic carbocycles. The van der Waals surface area contributed by atoms with Crippen molar-refractivity contribution in [2.75, 3.05) is 44.2 Å². The molecule has 2 aromatic rings. The second kappa shape index (κ2) is 10.2. The topological polar surface area (TPSA) is 47.6 Å². The third-order valence-electron chi connectivity index (χ3n) is 6.45. The molecular formula is C25H30Cl2N4O. The highest BCUT2D eigenvalue weighted by atomic mass is 35.5. The normalized spacial score (nSPS) is 21.6. The van der Waals surface area contributed by atoms with Crippen LogP contribution in [0.3, 0.4) is 0 Å². The van der Waals surface area contributed by atoms with E-state index in [1.54, 1.807) is 0 Å². The van der Waals surface area contributed by atoms with Crippen LogP contribution in [0.4, 0.5) is 5.69 Å². The molecule has 0 bridgehead atoms. The molecule has 2 aliphatic heterocycles. The zero-order valence-corrected chi connectivity index (χ0v) is 20.1. The standard InChI is InChI=1S/C25H30Cl2N4O/c1-17-22(18(2)29-24(17)19-7-4-3-5-8-19)25(32)28-11-12-30-13-15-31(16-14-30)21-10-6-9-20(26)23(21)27/h3-10,18,22,29H,11-16H2,1-2H3,(H,28,32). The lowest BCUT2D eigenvalue weighted by Gasteiger charge is -2.36. The minimum absolute atomic E-state index is 0.0798. The number of halogens is 2. The number of piperazine rings is 1. The molecule has 5 nitrogen and oxygen atoms in total. The van der Waals surface area contributed by atoms with Crippen LogP contribution in [0.25, 0.3) is 5.70 Å². The molecule has 7 heteroatoms. The lowest BCUT2D eigenvalue weighted by atomic mass is 9.94. The van der Waals surface area contributed by atoms with Gasteiger partial charge >= 0.3 is 0 Å². The number of rotatable bonds is 6. The number of hydrogen-bond donors (Lipinski definition) is 2. The fraction of sp³-hybridized carbons (Fsp3) is 0.400. The van der Waals surface area contributed by atoms with Gasteiger partial charge in [0.2, 0.25) is 5.91 Å². The molecule has 1 amide bonds. The molecule has 2 N–H and O–H groups in total. The van der Waals surface area contributed by atoms with E-state index in [1.165, 1.54) is 0 Å². The molecule has 0 aliphatic carbocycles. The van der Waals surface area contributed by atoms with E-state index in [4.69, 9.17) is 23.2 Å². The fourth-order valence-electron chi connectivity index (χ4n) is 4.69. The second-order valence-corrected chi connectivity index (χ2v) is 9.31. The van der Waals surface area contributed by atoms with Crippen molar-refractivity contribution in [3.8, 4) is 0 Å². The highest BCUT2D eigenvalue weighted by Gasteiger charge is 2.34. The molecule has 0 spiro atoms. The van der Waals surface area contributed by atoms with Gasteiger partial charge in [-0.25, -0.2) is 0 Å². The van der Waals surface area contributed by atoms with Crippen molar-refractivity contribution in [3.05, 3.63) is 69.7 Å². The summed E-state index contributed by atoms with van der Waals surface area (Å²) < 4.78 is 0. The Hall–Kier alpha value is -2.21. The summed E-state index contributed by atoms with van der Waals surface area (Å²) in [5.74, 6) is -0.0511. The van der Waals surface area contributed by atoms with Crippen molar-refractivity contribution in [1.82, 2.24) is 15.5 Å². The van der Waals surface area contributed by atoms with E-state index in [0.29, 0.717) is 16.6 Å². The summed E-state index contributed by atoms with van der Waals surface area (Å²) in [6.45, 7) is 9.25. The van der Waals surface area contributed by atoms with Gasteiger partial charge in [-0.1, -0.05) is 59.6 Å². The van der Waals surface area contributed by atoms with Crippen molar-refractivity contribution < 1.29 is 4.79 Å². The van der Waals surface area contributed by atoms with Crippen molar-refractivity contribution in [1.29, 1.82) is 0 Å². The summed E-state index contributed by atoms with van der Waals surface area (Å²) >= 11 is 12.5. The smallest absolute Gasteiger partial charge is 0.229 e. The van der Waals surface area contributed by atoms with Crippen LogP contribution >= 0.6 is 23.2 Å². The number of amides is 1. The molecule has 0 saturated carbocycles. The number of carbonyl (C=O) groups is 1. The number of nitrogens with one attached hydrogen (secondary N) is 2. The van der Waals surface area contributed by atoms with Gasteiger partial charge in [0.1, 0.15) is 0 Å². The Labute approximate surface area is 200 Å². The van der Waals surface area contributed by atoms with Crippen LogP contribution in [0.5, 0.6) is 0 Å². The number of carbonyl (C=O) groups excluding carboxylic acids is 1. The van der Waals surface area contributed by atoms with Crippen molar-refractivity contribution in [3.63, 3.8) is 0 Å². The maximum absolute atomic E-state index is 13.0. The first kappa shape index (κ1) is 23.0. The molecule has 1 saturated heterocycles. The quantitative estimate of drug-likeness (QED) is 0.658. The summed E-state index contributed by atoms with van der Waals surface area (Å²) in [6.07, 6.45) is 0. The molecular weight excluding hydrogens is 443 g/mol. The Balaban J connectivity index is 1.27. The summed E-state index contributed by atoms with van der Waals surface area (Å²) in [5.41, 5.74) is 4.30. The first-order chi connectivity index (χ1) is 15.5. The molecule has 1 fully saturated rings. The van der Waals surface area contributed by atoms with E-state index in [1.807, 2.05) is 36.4 Å². The Morgan fingerprint density at radius 2 is 1.78 bits per heavy atom. The molecule has 2 unspecified atom stereocenters. The van der Waals surface area contributed by atoms with E-state index >= 15 is 0 Å². The molecule has 2 heterocycles. The first-order valence-corrected chi connectivity index (χ1v) is 11.9. The Kier molecular flexibility index (Phi) is 7.29. The monoisotopic (exact) mass is 472 g/mol. The highest BCUT2D eigenvalue weighted by molar-refractivity contribution is 6.43. The van der Waals surface area contributed by atoms with E-state index in [0.717, 1.165) is 55.2 Å². The van der Waals surface area contributed by atoms with Gasteiger partial charge in [-0.2, -0.15) is 0 Å². The highest BCUT2D eigenvalue weighted by Crippen LogP contribution is 2.33. The van der Waals surface area contributed by atoms with E-state index in [-0.39, 0.29) is 17.9 Å². The SMILES string of the molecule is CC1=C(c2ccccc2)NC(C)C1C(=O)NCCN1CCN(c2cccc(Cl)c2Cl)CC1. The number of anilines is 1. The fourth-order valence-corrected chi connectivity index (χ4v) is 5.11. The Morgan fingerprint density at radius 1 is 1.06 bits per heavy atom. The zero-order valence-electron chi connectivity index (χ0n) is 18.6. The molecule has 4 rings (SSSR count). The molecule has 0 aromatic heterocycles. The average Bonchev–Trinajstić information content (AvgIpc) is 3.10. The van der Waals surface area contributed by atoms with Gasteiger partial charge in [0.25, 0.3) is 0 Å². The van der Waals surface area contributed by atoms with Crippen molar-refractivity contribution in [2.24, 2.45) is 5.92 Å². The summed E-state index contributed by atoms with van der Waals surface area (Å²) in [6, 6.07) is 16.0. The molecule has 32 heavy (non-hydrogen) atoms. The minimum Gasteiger partial charge on any atom is -0.381 e.